The van der Waals surface area contributed by atoms with Crippen LogP contribution in [0.25, 0.3) is 0 Å². The van der Waals surface area contributed by atoms with Crippen molar-refractivity contribution in [1.29, 1.82) is 0 Å². The van der Waals surface area contributed by atoms with Gasteiger partial charge in [-0.25, -0.2) is 4.68 Å². The molecule has 0 bridgehead atoms. The topological polar surface area (TPSA) is 42.7 Å². The zero-order valence-electron chi connectivity index (χ0n) is 6.63. The van der Waals surface area contributed by atoms with Gasteiger partial charge in [0.2, 0.25) is 0 Å². The summed E-state index contributed by atoms with van der Waals surface area (Å²) >= 11 is 0. The van der Waals surface area contributed by atoms with Crippen LogP contribution >= 0.6 is 0 Å². The smallest absolute Gasteiger partial charge is 0.131 e. The summed E-state index contributed by atoms with van der Waals surface area (Å²) in [7, 11) is 3.67. The van der Waals surface area contributed by atoms with Crippen LogP contribution < -0.4 is 5.32 Å². The predicted molar refractivity (Wildman–Crippen MR) is 41.8 cm³/mol. The summed E-state index contributed by atoms with van der Waals surface area (Å²) in [5.74, 6) is 5.84. The van der Waals surface area contributed by atoms with Crippen molar-refractivity contribution in [2.24, 2.45) is 7.05 Å². The minimum atomic E-state index is 0.686. The molecule has 1 N–H and O–H groups in total. The molecule has 4 nitrogen and oxygen atoms in total. The molecule has 1 aromatic rings. The first-order valence-corrected chi connectivity index (χ1v) is 3.32. The summed E-state index contributed by atoms with van der Waals surface area (Å²) < 4.78 is 1.64. The number of hydrogen-bond donors (Lipinski definition) is 1. The second-order valence-electron chi connectivity index (χ2n) is 2.07. The highest BCUT2D eigenvalue weighted by molar-refractivity contribution is 5.24. The van der Waals surface area contributed by atoms with E-state index in [2.05, 4.69) is 27.5 Å². The molecule has 0 saturated heterocycles. The third-order valence-electron chi connectivity index (χ3n) is 1.20. The number of aryl methyl sites for hydroxylation is 1. The third-order valence-corrected chi connectivity index (χ3v) is 1.20. The normalized spacial score (nSPS) is 8.91. The van der Waals surface area contributed by atoms with E-state index in [9.17, 15) is 0 Å². The van der Waals surface area contributed by atoms with E-state index < -0.39 is 0 Å². The average molecular weight is 150 g/mol. The van der Waals surface area contributed by atoms with Crippen LogP contribution in [0.1, 0.15) is 5.69 Å². The zero-order chi connectivity index (χ0) is 8.10. The first-order chi connectivity index (χ1) is 5.34. The van der Waals surface area contributed by atoms with Crippen molar-refractivity contribution < 1.29 is 0 Å². The van der Waals surface area contributed by atoms with Crippen LogP contribution in [0.15, 0.2) is 6.20 Å². The highest BCUT2D eigenvalue weighted by Crippen LogP contribution is 1.87. The van der Waals surface area contributed by atoms with Crippen LogP contribution in [0.3, 0.4) is 0 Å². The van der Waals surface area contributed by atoms with Gasteiger partial charge in [0.25, 0.3) is 0 Å². The molecule has 0 radical (unpaired) electrons. The maximum Gasteiger partial charge on any atom is 0.131 e. The van der Waals surface area contributed by atoms with E-state index in [0.717, 1.165) is 5.69 Å². The van der Waals surface area contributed by atoms with E-state index in [1.54, 1.807) is 10.9 Å². The number of aromatic nitrogens is 3. The fraction of sp³-hybridized carbons (Fsp3) is 0.429. The molecule has 4 heteroatoms. The third kappa shape index (κ3) is 2.06. The van der Waals surface area contributed by atoms with E-state index in [1.165, 1.54) is 0 Å². The zero-order valence-corrected chi connectivity index (χ0v) is 6.63. The van der Waals surface area contributed by atoms with Gasteiger partial charge in [0.1, 0.15) is 5.69 Å². The van der Waals surface area contributed by atoms with Crippen molar-refractivity contribution in [2.75, 3.05) is 13.6 Å². The van der Waals surface area contributed by atoms with Gasteiger partial charge in [-0.15, -0.1) is 5.10 Å². The number of rotatable bonds is 1. The highest BCUT2D eigenvalue weighted by Gasteiger charge is 1.91. The van der Waals surface area contributed by atoms with Gasteiger partial charge in [-0.3, -0.25) is 0 Å². The van der Waals surface area contributed by atoms with Gasteiger partial charge in [0.15, 0.2) is 0 Å². The molecule has 11 heavy (non-hydrogen) atoms. The van der Waals surface area contributed by atoms with Crippen molar-refractivity contribution in [1.82, 2.24) is 20.3 Å². The molecule has 1 heterocycles. The Bertz CT molecular complexity index is 278. The molecule has 1 rings (SSSR count). The molecule has 0 aliphatic heterocycles. The van der Waals surface area contributed by atoms with E-state index in [4.69, 9.17) is 0 Å². The molecule has 0 unspecified atom stereocenters. The molecular formula is C7H10N4. The van der Waals surface area contributed by atoms with Gasteiger partial charge in [-0.1, -0.05) is 11.1 Å². The van der Waals surface area contributed by atoms with Crippen LogP contribution in [0.2, 0.25) is 0 Å². The van der Waals surface area contributed by atoms with Crippen LogP contribution in [-0.2, 0) is 7.05 Å². The number of hydrogen-bond acceptors (Lipinski definition) is 3. The largest absolute Gasteiger partial charge is 0.309 e. The van der Waals surface area contributed by atoms with Crippen molar-refractivity contribution in [2.45, 2.75) is 0 Å². The maximum atomic E-state index is 3.74. The lowest BCUT2D eigenvalue weighted by molar-refractivity contribution is 0.708. The van der Waals surface area contributed by atoms with Gasteiger partial charge >= 0.3 is 0 Å². The Balaban J connectivity index is 2.65. The predicted octanol–water partition coefficient (Wildman–Crippen LogP) is -0.614. The molecule has 0 atom stereocenters. The summed E-state index contributed by atoms with van der Waals surface area (Å²) in [4.78, 5) is 0. The maximum absolute atomic E-state index is 3.74. The van der Waals surface area contributed by atoms with Crippen molar-refractivity contribution in [3.8, 4) is 11.8 Å². The highest BCUT2D eigenvalue weighted by atomic mass is 15.4. The molecule has 0 spiro atoms. The van der Waals surface area contributed by atoms with Crippen molar-refractivity contribution in [3.05, 3.63) is 11.9 Å². The van der Waals surface area contributed by atoms with Crippen molar-refractivity contribution in [3.63, 3.8) is 0 Å². The summed E-state index contributed by atoms with van der Waals surface area (Å²) in [5.41, 5.74) is 0.834. The van der Waals surface area contributed by atoms with E-state index in [1.807, 2.05) is 14.1 Å². The van der Waals surface area contributed by atoms with Crippen LogP contribution in [-0.4, -0.2) is 28.6 Å². The fourth-order valence-corrected chi connectivity index (χ4v) is 0.626. The molecule has 0 aliphatic rings. The minimum Gasteiger partial charge on any atom is -0.309 e. The quantitative estimate of drug-likeness (QED) is 0.543. The molecule has 58 valence electrons. The van der Waals surface area contributed by atoms with Crippen LogP contribution in [0.4, 0.5) is 0 Å². The first kappa shape index (κ1) is 7.76. The standard InChI is InChI=1S/C7H10N4/c1-8-5-3-4-7-6-9-10-11(7)2/h6,8H,5H2,1-2H3. The monoisotopic (exact) mass is 150 g/mol. The molecule has 1 aromatic heterocycles. The Labute approximate surface area is 65.6 Å². The van der Waals surface area contributed by atoms with Gasteiger partial charge < -0.3 is 5.32 Å². The summed E-state index contributed by atoms with van der Waals surface area (Å²) in [5, 5.41) is 10.4. The minimum absolute atomic E-state index is 0.686. The number of nitrogens with one attached hydrogen (secondary N) is 1. The SMILES string of the molecule is CNCC#Cc1cnnn1C. The lowest BCUT2D eigenvalue weighted by atomic mass is 10.4. The van der Waals surface area contributed by atoms with E-state index in [0.29, 0.717) is 6.54 Å². The second kappa shape index (κ2) is 3.74. The van der Waals surface area contributed by atoms with Gasteiger partial charge in [-0.05, 0) is 13.0 Å². The average Bonchev–Trinajstić information content (AvgIpc) is 2.37. The Morgan fingerprint density at radius 2 is 2.55 bits per heavy atom. The summed E-state index contributed by atoms with van der Waals surface area (Å²) in [6, 6.07) is 0. The van der Waals surface area contributed by atoms with Crippen LogP contribution in [0.5, 0.6) is 0 Å². The molecule has 0 amide bonds. The van der Waals surface area contributed by atoms with Gasteiger partial charge in [-0.2, -0.15) is 0 Å². The molecule has 0 saturated carbocycles. The van der Waals surface area contributed by atoms with Gasteiger partial charge in [0, 0.05) is 7.05 Å². The van der Waals surface area contributed by atoms with Crippen molar-refractivity contribution >= 4 is 0 Å². The van der Waals surface area contributed by atoms with E-state index in [-0.39, 0.29) is 0 Å². The van der Waals surface area contributed by atoms with Crippen LogP contribution in [0, 0.1) is 11.8 Å². The molecule has 0 aliphatic carbocycles. The second-order valence-corrected chi connectivity index (χ2v) is 2.07. The molecular weight excluding hydrogens is 140 g/mol. The summed E-state index contributed by atoms with van der Waals surface area (Å²) in [6.07, 6.45) is 1.64. The molecule has 0 aromatic carbocycles. The Kier molecular flexibility index (Phi) is 2.64. The Morgan fingerprint density at radius 1 is 1.73 bits per heavy atom. The summed E-state index contributed by atoms with van der Waals surface area (Å²) in [6.45, 7) is 0.686. The molecule has 0 fully saturated rings. The fourth-order valence-electron chi connectivity index (χ4n) is 0.626. The lowest BCUT2D eigenvalue weighted by Crippen LogP contribution is -2.04. The lowest BCUT2D eigenvalue weighted by Gasteiger charge is -1.87. The van der Waals surface area contributed by atoms with Gasteiger partial charge in [0.05, 0.1) is 12.7 Å². The Hall–Kier alpha value is -1.34. The number of nitrogens with zero attached hydrogens (tertiary/aromatic N) is 3. The first-order valence-electron chi connectivity index (χ1n) is 3.32. The Morgan fingerprint density at radius 3 is 3.09 bits per heavy atom. The van der Waals surface area contributed by atoms with E-state index >= 15 is 0 Å².